The topological polar surface area (TPSA) is 20.3 Å². The third kappa shape index (κ3) is 2.83. The number of rotatable bonds is 2. The molecule has 1 fully saturated rings. The van der Waals surface area contributed by atoms with Crippen molar-refractivity contribution < 1.29 is 13.6 Å². The van der Waals surface area contributed by atoms with Gasteiger partial charge in [0.1, 0.15) is 0 Å². The van der Waals surface area contributed by atoms with Crippen LogP contribution in [-0.2, 0) is 0 Å². The molecule has 1 saturated heterocycles. The Morgan fingerprint density at radius 1 is 1.29 bits per heavy atom. The quantitative estimate of drug-likeness (QED) is 0.780. The maximum absolute atomic E-state index is 13.0. The second kappa shape index (κ2) is 4.72. The fourth-order valence-electron chi connectivity index (χ4n) is 1.90. The fourth-order valence-corrected chi connectivity index (χ4v) is 2.36. The number of hydrogen-bond donors (Lipinski definition) is 0. The number of hydrogen-bond acceptors (Lipinski definition) is 2. The predicted molar refractivity (Wildman–Crippen MR) is 65.9 cm³/mol. The van der Waals surface area contributed by atoms with E-state index >= 15 is 0 Å². The van der Waals surface area contributed by atoms with Crippen molar-refractivity contribution in [3.8, 4) is 0 Å². The van der Waals surface area contributed by atoms with Gasteiger partial charge in [0.15, 0.2) is 6.29 Å². The summed E-state index contributed by atoms with van der Waals surface area (Å²) in [6.45, 7) is 0.694. The number of anilines is 1. The number of nitrogens with zero attached hydrogens (tertiary/aromatic N) is 1. The molecule has 0 atom stereocenters. The van der Waals surface area contributed by atoms with Crippen molar-refractivity contribution in [1.82, 2.24) is 0 Å². The lowest BCUT2D eigenvalue weighted by Crippen LogP contribution is -2.39. The third-order valence-electron chi connectivity index (χ3n) is 2.97. The summed E-state index contributed by atoms with van der Waals surface area (Å²) in [6.07, 6.45) is 0.540. The van der Waals surface area contributed by atoms with E-state index in [2.05, 4.69) is 15.9 Å². The van der Waals surface area contributed by atoms with Crippen molar-refractivity contribution in [3.05, 3.63) is 28.2 Å². The van der Waals surface area contributed by atoms with E-state index in [0.29, 0.717) is 23.1 Å². The minimum Gasteiger partial charge on any atom is -0.371 e. The van der Waals surface area contributed by atoms with Crippen molar-refractivity contribution in [2.24, 2.45) is 0 Å². The Bertz CT molecular complexity index is 427. The molecule has 1 aliphatic rings. The Morgan fingerprint density at radius 2 is 1.94 bits per heavy atom. The zero-order valence-electron chi connectivity index (χ0n) is 9.13. The van der Waals surface area contributed by atoms with E-state index in [1.54, 1.807) is 18.2 Å². The normalized spacial score (nSPS) is 19.1. The lowest BCUT2D eigenvalue weighted by Gasteiger charge is -2.33. The minimum atomic E-state index is -2.53. The van der Waals surface area contributed by atoms with Crippen LogP contribution in [0.15, 0.2) is 22.7 Å². The first-order valence-corrected chi connectivity index (χ1v) is 6.19. The second-order valence-corrected chi connectivity index (χ2v) is 5.02. The van der Waals surface area contributed by atoms with Crippen LogP contribution in [0.1, 0.15) is 23.2 Å². The number of halogens is 3. The van der Waals surface area contributed by atoms with Gasteiger partial charge in [-0.25, -0.2) is 8.78 Å². The molecule has 2 rings (SSSR count). The molecule has 1 aromatic carbocycles. The van der Waals surface area contributed by atoms with Crippen molar-refractivity contribution in [1.29, 1.82) is 0 Å². The maximum Gasteiger partial charge on any atom is 0.251 e. The molecule has 1 heterocycles. The molecule has 17 heavy (non-hydrogen) atoms. The average molecular weight is 304 g/mol. The first kappa shape index (κ1) is 12.5. The van der Waals surface area contributed by atoms with Gasteiger partial charge in [-0.2, -0.15) is 0 Å². The number of carbonyl (C=O) groups excluding carboxylic acids is 1. The number of aldehydes is 1. The Morgan fingerprint density at radius 3 is 2.47 bits per heavy atom. The van der Waals surface area contributed by atoms with E-state index in [-0.39, 0.29) is 12.8 Å². The van der Waals surface area contributed by atoms with Crippen molar-refractivity contribution >= 4 is 27.9 Å². The van der Waals surface area contributed by atoms with E-state index in [4.69, 9.17) is 0 Å². The van der Waals surface area contributed by atoms with Crippen LogP contribution in [0.2, 0.25) is 0 Å². The van der Waals surface area contributed by atoms with E-state index in [9.17, 15) is 13.6 Å². The first-order valence-electron chi connectivity index (χ1n) is 5.39. The molecule has 1 aliphatic heterocycles. The Hall–Kier alpha value is -0.970. The van der Waals surface area contributed by atoms with Gasteiger partial charge in [-0.05, 0) is 34.1 Å². The highest BCUT2D eigenvalue weighted by Crippen LogP contribution is 2.31. The number of benzene rings is 1. The van der Waals surface area contributed by atoms with Crippen molar-refractivity contribution in [3.63, 3.8) is 0 Å². The van der Waals surface area contributed by atoms with Gasteiger partial charge in [0.05, 0.1) is 0 Å². The van der Waals surface area contributed by atoms with Gasteiger partial charge in [0.2, 0.25) is 0 Å². The molecule has 0 amide bonds. The highest BCUT2D eigenvalue weighted by Gasteiger charge is 2.34. The van der Waals surface area contributed by atoms with Crippen LogP contribution in [-0.4, -0.2) is 25.3 Å². The van der Waals surface area contributed by atoms with Crippen molar-refractivity contribution in [2.75, 3.05) is 18.0 Å². The monoisotopic (exact) mass is 303 g/mol. The molecule has 0 spiro atoms. The molecule has 92 valence electrons. The van der Waals surface area contributed by atoms with E-state index in [0.717, 1.165) is 12.0 Å². The van der Waals surface area contributed by atoms with E-state index in [1.165, 1.54) is 0 Å². The summed E-state index contributed by atoms with van der Waals surface area (Å²) in [6, 6.07) is 5.28. The van der Waals surface area contributed by atoms with Crippen LogP contribution < -0.4 is 4.90 Å². The summed E-state index contributed by atoms with van der Waals surface area (Å²) in [7, 11) is 0. The van der Waals surface area contributed by atoms with Gasteiger partial charge in [-0.15, -0.1) is 0 Å². The summed E-state index contributed by atoms with van der Waals surface area (Å²) in [5, 5.41) is 0. The van der Waals surface area contributed by atoms with Crippen molar-refractivity contribution in [2.45, 2.75) is 18.8 Å². The third-order valence-corrected chi connectivity index (χ3v) is 3.66. The largest absolute Gasteiger partial charge is 0.371 e. The minimum absolute atomic E-state index is 0.111. The molecule has 0 bridgehead atoms. The summed E-state index contributed by atoms with van der Waals surface area (Å²) >= 11 is 3.29. The van der Waals surface area contributed by atoms with Crippen LogP contribution in [0.3, 0.4) is 0 Å². The molecule has 0 aromatic heterocycles. The molecule has 0 saturated carbocycles. The van der Waals surface area contributed by atoms with Crippen LogP contribution in [0.5, 0.6) is 0 Å². The lowest BCUT2D eigenvalue weighted by atomic mass is 10.1. The smallest absolute Gasteiger partial charge is 0.251 e. The highest BCUT2D eigenvalue weighted by molar-refractivity contribution is 9.10. The Kier molecular flexibility index (Phi) is 3.47. The average Bonchev–Trinajstić information content (AvgIpc) is 2.29. The SMILES string of the molecule is O=Cc1ccc(N2CCC(F)(F)CC2)cc1Br. The summed E-state index contributed by atoms with van der Waals surface area (Å²) in [5.74, 6) is -2.53. The number of piperidine rings is 1. The van der Waals surface area contributed by atoms with Gasteiger partial charge in [0, 0.05) is 41.7 Å². The van der Waals surface area contributed by atoms with Gasteiger partial charge < -0.3 is 4.90 Å². The zero-order chi connectivity index (χ0) is 12.5. The van der Waals surface area contributed by atoms with E-state index in [1.807, 2.05) is 4.90 Å². The molecule has 0 N–H and O–H groups in total. The molecule has 0 unspecified atom stereocenters. The molecule has 5 heteroatoms. The standard InChI is InChI=1S/C12H12BrF2NO/c13-11-7-10(2-1-9(11)8-17)16-5-3-12(14,15)4-6-16/h1-2,7-8H,3-6H2. The molecular weight excluding hydrogens is 292 g/mol. The van der Waals surface area contributed by atoms with Gasteiger partial charge in [-0.3, -0.25) is 4.79 Å². The Labute approximate surface area is 107 Å². The zero-order valence-corrected chi connectivity index (χ0v) is 10.7. The van der Waals surface area contributed by atoms with Crippen LogP contribution in [0.25, 0.3) is 0 Å². The Balaban J connectivity index is 2.14. The maximum atomic E-state index is 13.0. The predicted octanol–water partition coefficient (Wildman–Crippen LogP) is 3.50. The van der Waals surface area contributed by atoms with Gasteiger partial charge >= 0.3 is 0 Å². The fraction of sp³-hybridized carbons (Fsp3) is 0.417. The highest BCUT2D eigenvalue weighted by atomic mass is 79.9. The molecule has 0 aliphatic carbocycles. The number of carbonyl (C=O) groups is 1. The molecule has 1 aromatic rings. The molecule has 0 radical (unpaired) electrons. The second-order valence-electron chi connectivity index (χ2n) is 4.17. The van der Waals surface area contributed by atoms with Gasteiger partial charge in [-0.1, -0.05) is 0 Å². The van der Waals surface area contributed by atoms with Crippen LogP contribution in [0, 0.1) is 0 Å². The first-order chi connectivity index (χ1) is 8.02. The summed E-state index contributed by atoms with van der Waals surface area (Å²) in [5.41, 5.74) is 1.44. The number of alkyl halides is 2. The lowest BCUT2D eigenvalue weighted by molar-refractivity contribution is -0.0220. The summed E-state index contributed by atoms with van der Waals surface area (Å²) < 4.78 is 26.7. The van der Waals surface area contributed by atoms with Crippen LogP contribution >= 0.6 is 15.9 Å². The summed E-state index contributed by atoms with van der Waals surface area (Å²) in [4.78, 5) is 12.6. The molecule has 2 nitrogen and oxygen atoms in total. The van der Waals surface area contributed by atoms with Crippen LogP contribution in [0.4, 0.5) is 14.5 Å². The molecular formula is C12H12BrF2NO. The van der Waals surface area contributed by atoms with Gasteiger partial charge in [0.25, 0.3) is 5.92 Å². The van der Waals surface area contributed by atoms with E-state index < -0.39 is 5.92 Å².